The first kappa shape index (κ1) is 19.7. The van der Waals surface area contributed by atoms with Crippen LogP contribution in [0.4, 0.5) is 11.4 Å². The smallest absolute Gasteiger partial charge is 0.262 e. The lowest BCUT2D eigenvalue weighted by Gasteiger charge is -2.21. The van der Waals surface area contributed by atoms with Crippen molar-refractivity contribution in [3.8, 4) is 5.75 Å². The lowest BCUT2D eigenvalue weighted by Crippen LogP contribution is -2.22. The van der Waals surface area contributed by atoms with E-state index < -0.39 is 0 Å². The molecule has 4 nitrogen and oxygen atoms in total. The van der Waals surface area contributed by atoms with Crippen LogP contribution in [0.3, 0.4) is 0 Å². The van der Waals surface area contributed by atoms with Gasteiger partial charge in [0, 0.05) is 30.5 Å². The number of anilines is 2. The van der Waals surface area contributed by atoms with Gasteiger partial charge in [0.25, 0.3) is 5.91 Å². The highest BCUT2D eigenvalue weighted by Gasteiger charge is 2.10. The molecule has 2 aromatic rings. The SMILES string of the molecule is CCN(CC)c1ccc(NC(=O)COc2cc(Cl)c(Cl)cc2Cl)cc1. The number of ether oxygens (including phenoxy) is 1. The van der Waals surface area contributed by atoms with Crippen molar-refractivity contribution in [2.75, 3.05) is 29.9 Å². The van der Waals surface area contributed by atoms with Crippen LogP contribution in [0.5, 0.6) is 5.75 Å². The summed E-state index contributed by atoms with van der Waals surface area (Å²) in [4.78, 5) is 14.3. The molecule has 1 amide bonds. The zero-order valence-electron chi connectivity index (χ0n) is 14.0. The van der Waals surface area contributed by atoms with Crippen LogP contribution in [-0.2, 0) is 4.79 Å². The molecule has 1 N–H and O–H groups in total. The second kappa shape index (κ2) is 9.18. The van der Waals surface area contributed by atoms with Crippen LogP contribution < -0.4 is 15.0 Å². The first-order valence-corrected chi connectivity index (χ1v) is 9.00. The first-order chi connectivity index (χ1) is 11.9. The number of carbonyl (C=O) groups is 1. The van der Waals surface area contributed by atoms with E-state index in [1.54, 1.807) is 0 Å². The topological polar surface area (TPSA) is 41.6 Å². The second-order valence-electron chi connectivity index (χ2n) is 5.25. The van der Waals surface area contributed by atoms with Gasteiger partial charge in [-0.1, -0.05) is 34.8 Å². The molecule has 0 aliphatic heterocycles. The summed E-state index contributed by atoms with van der Waals surface area (Å²) in [5.74, 6) is 0.0147. The van der Waals surface area contributed by atoms with E-state index in [4.69, 9.17) is 39.5 Å². The average Bonchev–Trinajstić information content (AvgIpc) is 2.59. The Morgan fingerprint density at radius 2 is 1.60 bits per heavy atom. The van der Waals surface area contributed by atoms with E-state index in [9.17, 15) is 4.79 Å². The number of amides is 1. The Labute approximate surface area is 162 Å². The van der Waals surface area contributed by atoms with Gasteiger partial charge in [-0.05, 0) is 44.2 Å². The molecule has 2 rings (SSSR count). The third kappa shape index (κ3) is 5.43. The van der Waals surface area contributed by atoms with Gasteiger partial charge >= 0.3 is 0 Å². The Kier molecular flexibility index (Phi) is 7.24. The highest BCUT2D eigenvalue weighted by molar-refractivity contribution is 6.43. The quantitative estimate of drug-likeness (QED) is 0.622. The molecular formula is C18H19Cl3N2O2. The number of hydrogen-bond acceptors (Lipinski definition) is 3. The third-order valence-electron chi connectivity index (χ3n) is 3.61. The van der Waals surface area contributed by atoms with Crippen LogP contribution in [0.25, 0.3) is 0 Å². The largest absolute Gasteiger partial charge is 0.482 e. The molecule has 25 heavy (non-hydrogen) atoms. The van der Waals surface area contributed by atoms with Crippen molar-refractivity contribution in [2.45, 2.75) is 13.8 Å². The van der Waals surface area contributed by atoms with Crippen molar-refractivity contribution in [3.05, 3.63) is 51.5 Å². The summed E-state index contributed by atoms with van der Waals surface area (Å²) in [5, 5.41) is 3.72. The van der Waals surface area contributed by atoms with Crippen LogP contribution >= 0.6 is 34.8 Å². The highest BCUT2D eigenvalue weighted by atomic mass is 35.5. The lowest BCUT2D eigenvalue weighted by atomic mass is 10.2. The number of nitrogens with one attached hydrogen (secondary N) is 1. The molecule has 0 saturated carbocycles. The molecule has 0 aromatic heterocycles. The van der Waals surface area contributed by atoms with E-state index in [0.29, 0.717) is 26.5 Å². The highest BCUT2D eigenvalue weighted by Crippen LogP contribution is 2.33. The molecule has 0 atom stereocenters. The Bertz CT molecular complexity index is 732. The summed E-state index contributed by atoms with van der Waals surface area (Å²) in [5.41, 5.74) is 1.81. The van der Waals surface area contributed by atoms with Gasteiger partial charge in [-0.2, -0.15) is 0 Å². The molecule has 0 radical (unpaired) electrons. The van der Waals surface area contributed by atoms with Crippen LogP contribution in [0.15, 0.2) is 36.4 Å². The molecule has 7 heteroatoms. The molecular weight excluding hydrogens is 383 g/mol. The zero-order chi connectivity index (χ0) is 18.4. The standard InChI is InChI=1S/C18H19Cl3N2O2/c1-3-23(4-2)13-7-5-12(6-8-13)22-18(24)11-25-17-10-15(20)14(19)9-16(17)21/h5-10H,3-4,11H2,1-2H3,(H,22,24). The fourth-order valence-corrected chi connectivity index (χ4v) is 2.89. The molecule has 0 aliphatic rings. The van der Waals surface area contributed by atoms with E-state index in [-0.39, 0.29) is 12.5 Å². The fraction of sp³-hybridized carbons (Fsp3) is 0.278. The maximum atomic E-state index is 12.0. The van der Waals surface area contributed by atoms with Crippen LogP contribution in [0.2, 0.25) is 15.1 Å². The summed E-state index contributed by atoms with van der Waals surface area (Å²) < 4.78 is 5.41. The summed E-state index contributed by atoms with van der Waals surface area (Å²) in [6, 6.07) is 10.6. The molecule has 134 valence electrons. The van der Waals surface area contributed by atoms with Gasteiger partial charge in [0.05, 0.1) is 15.1 Å². The molecule has 0 unspecified atom stereocenters. The molecule has 0 fully saturated rings. The van der Waals surface area contributed by atoms with E-state index >= 15 is 0 Å². The number of hydrogen-bond donors (Lipinski definition) is 1. The molecule has 2 aromatic carbocycles. The van der Waals surface area contributed by atoms with Crippen molar-refractivity contribution < 1.29 is 9.53 Å². The average molecular weight is 402 g/mol. The molecule has 0 aliphatic carbocycles. The third-order valence-corrected chi connectivity index (χ3v) is 4.63. The second-order valence-corrected chi connectivity index (χ2v) is 6.47. The predicted molar refractivity (Wildman–Crippen MR) is 106 cm³/mol. The van der Waals surface area contributed by atoms with Crippen LogP contribution in [0.1, 0.15) is 13.8 Å². The zero-order valence-corrected chi connectivity index (χ0v) is 16.3. The maximum absolute atomic E-state index is 12.0. The Morgan fingerprint density at radius 1 is 1.00 bits per heavy atom. The minimum atomic E-state index is -0.294. The van der Waals surface area contributed by atoms with Gasteiger partial charge < -0.3 is 15.0 Å². The summed E-state index contributed by atoms with van der Waals surface area (Å²) in [6.45, 7) is 5.88. The molecule has 0 saturated heterocycles. The van der Waals surface area contributed by atoms with Crippen molar-refractivity contribution in [1.29, 1.82) is 0 Å². The van der Waals surface area contributed by atoms with E-state index in [1.807, 2.05) is 24.3 Å². The van der Waals surface area contributed by atoms with Gasteiger partial charge in [0.2, 0.25) is 0 Å². The molecule has 0 spiro atoms. The van der Waals surface area contributed by atoms with E-state index in [1.165, 1.54) is 12.1 Å². The number of carbonyl (C=O) groups excluding carboxylic acids is 1. The van der Waals surface area contributed by atoms with Crippen LogP contribution in [0, 0.1) is 0 Å². The van der Waals surface area contributed by atoms with Gasteiger partial charge in [-0.3, -0.25) is 4.79 Å². The summed E-state index contributed by atoms with van der Waals surface area (Å²) in [7, 11) is 0. The normalized spacial score (nSPS) is 10.4. The van der Waals surface area contributed by atoms with Gasteiger partial charge in [-0.15, -0.1) is 0 Å². The van der Waals surface area contributed by atoms with Crippen molar-refractivity contribution >= 4 is 52.1 Å². The Balaban J connectivity index is 1.93. The summed E-state index contributed by atoms with van der Waals surface area (Å²) in [6.07, 6.45) is 0. The maximum Gasteiger partial charge on any atom is 0.262 e. The molecule has 0 heterocycles. The number of benzene rings is 2. The Hall–Kier alpha value is -1.62. The van der Waals surface area contributed by atoms with Crippen LogP contribution in [-0.4, -0.2) is 25.6 Å². The van der Waals surface area contributed by atoms with Crippen molar-refractivity contribution in [3.63, 3.8) is 0 Å². The number of rotatable bonds is 7. The summed E-state index contributed by atoms with van der Waals surface area (Å²) >= 11 is 17.8. The van der Waals surface area contributed by atoms with E-state index in [0.717, 1.165) is 18.8 Å². The van der Waals surface area contributed by atoms with Crippen molar-refractivity contribution in [1.82, 2.24) is 0 Å². The predicted octanol–water partition coefficient (Wildman–Crippen LogP) is 5.51. The minimum absolute atomic E-state index is 0.185. The number of halogens is 3. The number of nitrogens with zero attached hydrogens (tertiary/aromatic N) is 1. The van der Waals surface area contributed by atoms with Gasteiger partial charge in [-0.25, -0.2) is 0 Å². The minimum Gasteiger partial charge on any atom is -0.482 e. The Morgan fingerprint density at radius 3 is 2.20 bits per heavy atom. The first-order valence-electron chi connectivity index (χ1n) is 7.86. The van der Waals surface area contributed by atoms with Gasteiger partial charge in [0.15, 0.2) is 6.61 Å². The van der Waals surface area contributed by atoms with Crippen molar-refractivity contribution in [2.24, 2.45) is 0 Å². The van der Waals surface area contributed by atoms with E-state index in [2.05, 4.69) is 24.1 Å². The monoisotopic (exact) mass is 400 g/mol. The molecule has 0 bridgehead atoms. The lowest BCUT2D eigenvalue weighted by molar-refractivity contribution is -0.118. The van der Waals surface area contributed by atoms with Gasteiger partial charge in [0.1, 0.15) is 5.75 Å². The fourth-order valence-electron chi connectivity index (χ4n) is 2.30.